The Labute approximate surface area is 174 Å². The van der Waals surface area contributed by atoms with Gasteiger partial charge < -0.3 is 14.6 Å². The Bertz CT molecular complexity index is 939. The molecule has 0 spiro atoms. The van der Waals surface area contributed by atoms with Crippen LogP contribution in [0.2, 0.25) is 0 Å². The predicted molar refractivity (Wildman–Crippen MR) is 115 cm³/mol. The van der Waals surface area contributed by atoms with Crippen LogP contribution in [0.25, 0.3) is 0 Å². The Morgan fingerprint density at radius 2 is 2.00 bits per heavy atom. The summed E-state index contributed by atoms with van der Waals surface area (Å²) in [6.45, 7) is 0.515. The molecular weight excluding hydrogens is 392 g/mol. The highest BCUT2D eigenvalue weighted by atomic mass is 32.2. The number of rotatable bonds is 4. The van der Waals surface area contributed by atoms with Gasteiger partial charge in [0.25, 0.3) is 0 Å². The molecule has 146 valence electrons. The first-order valence-electron chi connectivity index (χ1n) is 8.78. The van der Waals surface area contributed by atoms with Gasteiger partial charge in [-0.25, -0.2) is 4.79 Å². The second-order valence-corrected chi connectivity index (χ2v) is 8.71. The maximum absolute atomic E-state index is 11.7. The lowest BCUT2D eigenvalue weighted by Crippen LogP contribution is -2.26. The van der Waals surface area contributed by atoms with Gasteiger partial charge >= 0.3 is 5.97 Å². The maximum Gasteiger partial charge on any atom is 0.337 e. The number of hydrogen-bond acceptors (Lipinski definition) is 6. The van der Waals surface area contributed by atoms with E-state index in [1.165, 1.54) is 7.11 Å². The summed E-state index contributed by atoms with van der Waals surface area (Å²) in [6, 6.07) is 11.0. The molecule has 0 saturated carbocycles. The van der Waals surface area contributed by atoms with Crippen molar-refractivity contribution < 1.29 is 19.4 Å². The van der Waals surface area contributed by atoms with Crippen LogP contribution in [-0.4, -0.2) is 37.3 Å². The minimum atomic E-state index is -0.436. The van der Waals surface area contributed by atoms with Crippen LogP contribution < -0.4 is 4.74 Å². The van der Waals surface area contributed by atoms with Crippen molar-refractivity contribution in [3.63, 3.8) is 0 Å². The van der Waals surface area contributed by atoms with E-state index >= 15 is 0 Å². The molecule has 0 aromatic heterocycles. The van der Waals surface area contributed by atoms with E-state index in [4.69, 9.17) is 9.47 Å². The number of fused-ring (bicyclic) bond motifs is 1. The normalized spacial score (nSPS) is 14.3. The van der Waals surface area contributed by atoms with Crippen molar-refractivity contribution in [1.29, 1.82) is 0 Å². The summed E-state index contributed by atoms with van der Waals surface area (Å²) in [6.07, 6.45) is 5.20. The van der Waals surface area contributed by atoms with E-state index in [2.05, 4.69) is 30.4 Å². The molecule has 0 atom stereocenters. The van der Waals surface area contributed by atoms with E-state index in [0.717, 1.165) is 23.3 Å². The van der Waals surface area contributed by atoms with E-state index < -0.39 is 5.97 Å². The van der Waals surface area contributed by atoms with Gasteiger partial charge in [0.05, 0.1) is 30.0 Å². The molecule has 0 saturated heterocycles. The fourth-order valence-electron chi connectivity index (χ4n) is 3.20. The van der Waals surface area contributed by atoms with Crippen LogP contribution in [0, 0.1) is 11.8 Å². The van der Waals surface area contributed by atoms with Gasteiger partial charge in [-0.3, -0.25) is 0 Å². The first-order chi connectivity index (χ1) is 13.6. The molecule has 0 amide bonds. The Hall–Kier alpha value is -2.07. The number of esters is 1. The molecule has 4 nitrogen and oxygen atoms in total. The number of methoxy groups -OCH3 is 1. The second kappa shape index (κ2) is 8.95. The summed E-state index contributed by atoms with van der Waals surface area (Å²) in [4.78, 5) is 11.7. The van der Waals surface area contributed by atoms with Crippen LogP contribution in [0.4, 0.5) is 0 Å². The lowest BCUT2D eigenvalue weighted by Gasteiger charge is -2.36. The molecule has 1 aliphatic rings. The van der Waals surface area contributed by atoms with Crippen molar-refractivity contribution >= 4 is 29.5 Å². The molecule has 28 heavy (non-hydrogen) atoms. The molecule has 1 aliphatic heterocycles. The van der Waals surface area contributed by atoms with E-state index in [-0.39, 0.29) is 10.7 Å². The van der Waals surface area contributed by atoms with Crippen LogP contribution in [0.5, 0.6) is 5.75 Å². The number of aliphatic hydroxyl groups is 1. The molecule has 6 heteroatoms. The van der Waals surface area contributed by atoms with Crippen molar-refractivity contribution in [2.45, 2.75) is 17.1 Å². The van der Waals surface area contributed by atoms with E-state index in [1.807, 2.05) is 35.7 Å². The standard InChI is InChI=1S/C22H22O4S2/c1-25-21(24)17-8-7-16(18(13-17)14-23)6-4-15-5-9-20-19(12-15)22(27-2,28-3)10-11-26-20/h5,7-9,12-13,23H,10-11,14H2,1-3H3. The van der Waals surface area contributed by atoms with Gasteiger partial charge in [0.1, 0.15) is 5.75 Å². The number of aliphatic hydroxyl groups excluding tert-OH is 1. The number of thioether (sulfide) groups is 2. The number of hydrogen-bond donors (Lipinski definition) is 1. The van der Waals surface area contributed by atoms with Gasteiger partial charge in [-0.1, -0.05) is 11.8 Å². The summed E-state index contributed by atoms with van der Waals surface area (Å²) < 4.78 is 10.5. The molecular formula is C22H22O4S2. The summed E-state index contributed by atoms with van der Waals surface area (Å²) in [7, 11) is 1.33. The average molecular weight is 415 g/mol. The van der Waals surface area contributed by atoms with Crippen LogP contribution in [0.15, 0.2) is 36.4 Å². The minimum absolute atomic E-state index is 0.0241. The first kappa shape index (κ1) is 20.7. The van der Waals surface area contributed by atoms with Gasteiger partial charge in [0.2, 0.25) is 0 Å². The van der Waals surface area contributed by atoms with Crippen molar-refractivity contribution in [2.24, 2.45) is 0 Å². The van der Waals surface area contributed by atoms with E-state index in [0.29, 0.717) is 23.3 Å². The molecule has 1 heterocycles. The molecule has 0 unspecified atom stereocenters. The van der Waals surface area contributed by atoms with Crippen molar-refractivity contribution in [2.75, 3.05) is 26.2 Å². The van der Waals surface area contributed by atoms with Gasteiger partial charge in [-0.2, -0.15) is 0 Å². The van der Waals surface area contributed by atoms with Crippen LogP contribution in [-0.2, 0) is 15.4 Å². The van der Waals surface area contributed by atoms with E-state index in [1.54, 1.807) is 18.2 Å². The van der Waals surface area contributed by atoms with Crippen molar-refractivity contribution in [3.8, 4) is 17.6 Å². The van der Waals surface area contributed by atoms with Crippen LogP contribution in [0.3, 0.4) is 0 Å². The average Bonchev–Trinajstić information content (AvgIpc) is 2.76. The SMILES string of the molecule is COC(=O)c1ccc(C#Cc2ccc3c(c2)C(SC)(SC)CCO3)c(CO)c1. The topological polar surface area (TPSA) is 55.8 Å². The minimum Gasteiger partial charge on any atom is -0.493 e. The van der Waals surface area contributed by atoms with Gasteiger partial charge in [0.15, 0.2) is 0 Å². The molecule has 0 aliphatic carbocycles. The monoisotopic (exact) mass is 414 g/mol. The molecule has 2 aromatic carbocycles. The van der Waals surface area contributed by atoms with Crippen molar-refractivity contribution in [3.05, 3.63) is 64.2 Å². The van der Waals surface area contributed by atoms with Crippen molar-refractivity contribution in [1.82, 2.24) is 0 Å². The quantitative estimate of drug-likeness (QED) is 0.463. The van der Waals surface area contributed by atoms with E-state index in [9.17, 15) is 9.90 Å². The highest BCUT2D eigenvalue weighted by Crippen LogP contribution is 2.52. The van der Waals surface area contributed by atoms with Crippen LogP contribution >= 0.6 is 23.5 Å². The smallest absolute Gasteiger partial charge is 0.337 e. The Morgan fingerprint density at radius 3 is 2.68 bits per heavy atom. The molecule has 3 rings (SSSR count). The third-order valence-electron chi connectivity index (χ3n) is 4.78. The summed E-state index contributed by atoms with van der Waals surface area (Å²) in [5.41, 5.74) is 3.73. The fraction of sp³-hybridized carbons (Fsp3) is 0.318. The highest BCUT2D eigenvalue weighted by Gasteiger charge is 2.36. The third kappa shape index (κ3) is 4.02. The Balaban J connectivity index is 1.96. The zero-order valence-electron chi connectivity index (χ0n) is 16.1. The summed E-state index contributed by atoms with van der Waals surface area (Å²) >= 11 is 3.66. The molecule has 0 bridgehead atoms. The molecule has 2 aromatic rings. The van der Waals surface area contributed by atoms with Gasteiger partial charge in [-0.15, -0.1) is 23.5 Å². The summed E-state index contributed by atoms with van der Waals surface area (Å²) in [5.74, 6) is 6.78. The first-order valence-corrected chi connectivity index (χ1v) is 11.2. The van der Waals surface area contributed by atoms with Gasteiger partial charge in [-0.05, 0) is 54.5 Å². The number of carbonyl (C=O) groups is 1. The maximum atomic E-state index is 11.7. The highest BCUT2D eigenvalue weighted by molar-refractivity contribution is 8.16. The molecule has 1 N–H and O–H groups in total. The number of carbonyl (C=O) groups excluding carboxylic acids is 1. The zero-order chi connectivity index (χ0) is 20.1. The van der Waals surface area contributed by atoms with Crippen LogP contribution in [0.1, 0.15) is 39.0 Å². The Kier molecular flexibility index (Phi) is 6.61. The predicted octanol–water partition coefficient (Wildman–Crippen LogP) is 4.03. The lowest BCUT2D eigenvalue weighted by molar-refractivity contribution is 0.0600. The largest absolute Gasteiger partial charge is 0.493 e. The Morgan fingerprint density at radius 1 is 1.21 bits per heavy atom. The lowest BCUT2D eigenvalue weighted by atomic mass is 10.0. The van der Waals surface area contributed by atoms with Gasteiger partial charge in [0, 0.05) is 23.1 Å². The second-order valence-electron chi connectivity index (χ2n) is 6.24. The molecule has 0 radical (unpaired) electrons. The zero-order valence-corrected chi connectivity index (χ0v) is 17.7. The number of ether oxygens (including phenoxy) is 2. The fourth-order valence-corrected chi connectivity index (χ4v) is 5.20. The molecule has 0 fully saturated rings. The number of benzene rings is 2. The third-order valence-corrected chi connectivity index (χ3v) is 7.94. The summed E-state index contributed by atoms with van der Waals surface area (Å²) in [5, 5.41) is 9.64.